The van der Waals surface area contributed by atoms with Crippen LogP contribution < -0.4 is 4.74 Å². The number of rotatable bonds is 6. The molecule has 0 N–H and O–H groups in total. The SMILES string of the molecule is Cc1cccc(OCC(=O)N2CCN(C(=O)CCN3CCCC3)CC2)c1. The summed E-state index contributed by atoms with van der Waals surface area (Å²) in [6.45, 7) is 7.57. The summed E-state index contributed by atoms with van der Waals surface area (Å²) in [7, 11) is 0. The molecule has 2 aliphatic rings. The molecule has 0 atom stereocenters. The third-order valence-corrected chi connectivity index (χ3v) is 5.18. The molecular formula is C20H29N3O3. The topological polar surface area (TPSA) is 53.1 Å². The minimum absolute atomic E-state index is 0.0179. The number of nitrogens with zero attached hydrogens (tertiary/aromatic N) is 3. The average molecular weight is 359 g/mol. The van der Waals surface area contributed by atoms with Gasteiger partial charge in [-0.25, -0.2) is 0 Å². The smallest absolute Gasteiger partial charge is 0.260 e. The van der Waals surface area contributed by atoms with Crippen LogP contribution in [-0.4, -0.2) is 78.9 Å². The molecule has 0 unspecified atom stereocenters. The second-order valence-electron chi connectivity index (χ2n) is 7.17. The number of amides is 2. The van der Waals surface area contributed by atoms with E-state index in [-0.39, 0.29) is 18.4 Å². The summed E-state index contributed by atoms with van der Waals surface area (Å²) in [4.78, 5) is 30.7. The number of ether oxygens (including phenoxy) is 1. The van der Waals surface area contributed by atoms with E-state index < -0.39 is 0 Å². The van der Waals surface area contributed by atoms with Crippen LogP contribution in [0.3, 0.4) is 0 Å². The van der Waals surface area contributed by atoms with Gasteiger partial charge in [-0.2, -0.15) is 0 Å². The molecular weight excluding hydrogens is 330 g/mol. The van der Waals surface area contributed by atoms with Crippen LogP contribution in [0.2, 0.25) is 0 Å². The zero-order valence-corrected chi connectivity index (χ0v) is 15.7. The van der Waals surface area contributed by atoms with E-state index in [1.165, 1.54) is 12.8 Å². The quantitative estimate of drug-likeness (QED) is 0.773. The van der Waals surface area contributed by atoms with E-state index in [0.717, 1.165) is 25.2 Å². The monoisotopic (exact) mass is 359 g/mol. The first-order valence-corrected chi connectivity index (χ1v) is 9.59. The van der Waals surface area contributed by atoms with Gasteiger partial charge in [-0.05, 0) is 50.6 Å². The first-order chi connectivity index (χ1) is 12.6. The Labute approximate surface area is 155 Å². The van der Waals surface area contributed by atoms with Crippen molar-refractivity contribution in [1.82, 2.24) is 14.7 Å². The fourth-order valence-corrected chi connectivity index (χ4v) is 3.56. The van der Waals surface area contributed by atoms with Crippen LogP contribution >= 0.6 is 0 Å². The zero-order chi connectivity index (χ0) is 18.4. The molecule has 142 valence electrons. The second kappa shape index (κ2) is 9.03. The second-order valence-corrected chi connectivity index (χ2v) is 7.17. The van der Waals surface area contributed by atoms with Gasteiger partial charge in [0, 0.05) is 39.1 Å². The molecule has 2 heterocycles. The van der Waals surface area contributed by atoms with Crippen molar-refractivity contribution in [3.63, 3.8) is 0 Å². The molecule has 2 aliphatic heterocycles. The van der Waals surface area contributed by atoms with Gasteiger partial charge in [-0.1, -0.05) is 12.1 Å². The maximum atomic E-state index is 12.3. The number of benzene rings is 1. The Hall–Kier alpha value is -2.08. The van der Waals surface area contributed by atoms with Gasteiger partial charge in [0.05, 0.1) is 0 Å². The van der Waals surface area contributed by atoms with Crippen molar-refractivity contribution in [2.45, 2.75) is 26.2 Å². The molecule has 2 amide bonds. The Morgan fingerprint density at radius 1 is 0.962 bits per heavy atom. The van der Waals surface area contributed by atoms with Crippen LogP contribution in [-0.2, 0) is 9.59 Å². The average Bonchev–Trinajstić information content (AvgIpc) is 3.18. The highest BCUT2D eigenvalue weighted by Crippen LogP contribution is 2.13. The van der Waals surface area contributed by atoms with Crippen LogP contribution in [0.4, 0.5) is 0 Å². The molecule has 26 heavy (non-hydrogen) atoms. The molecule has 0 aliphatic carbocycles. The van der Waals surface area contributed by atoms with Crippen LogP contribution in [0.1, 0.15) is 24.8 Å². The molecule has 0 aromatic heterocycles. The molecule has 0 radical (unpaired) electrons. The predicted octanol–water partition coefficient (Wildman–Crippen LogP) is 1.53. The van der Waals surface area contributed by atoms with Crippen molar-refractivity contribution in [2.75, 3.05) is 52.4 Å². The summed E-state index contributed by atoms with van der Waals surface area (Å²) in [5.74, 6) is 0.907. The number of hydrogen-bond donors (Lipinski definition) is 0. The number of likely N-dealkylation sites (tertiary alicyclic amines) is 1. The normalized spacial score (nSPS) is 18.2. The highest BCUT2D eigenvalue weighted by Gasteiger charge is 2.24. The molecule has 1 aromatic rings. The van der Waals surface area contributed by atoms with E-state index in [4.69, 9.17) is 4.74 Å². The highest BCUT2D eigenvalue weighted by atomic mass is 16.5. The summed E-state index contributed by atoms with van der Waals surface area (Å²) < 4.78 is 5.59. The first-order valence-electron chi connectivity index (χ1n) is 9.59. The van der Waals surface area contributed by atoms with E-state index in [2.05, 4.69) is 4.90 Å². The number of carbonyl (C=O) groups excluding carboxylic acids is 2. The summed E-state index contributed by atoms with van der Waals surface area (Å²) in [6.07, 6.45) is 3.09. The van der Waals surface area contributed by atoms with Crippen molar-refractivity contribution in [2.24, 2.45) is 0 Å². The van der Waals surface area contributed by atoms with Crippen molar-refractivity contribution < 1.29 is 14.3 Å². The molecule has 0 spiro atoms. The lowest BCUT2D eigenvalue weighted by atomic mass is 10.2. The summed E-state index contributed by atoms with van der Waals surface area (Å²) in [6, 6.07) is 7.69. The van der Waals surface area contributed by atoms with Gasteiger partial charge in [0.15, 0.2) is 6.61 Å². The van der Waals surface area contributed by atoms with E-state index in [0.29, 0.717) is 38.3 Å². The van der Waals surface area contributed by atoms with Crippen molar-refractivity contribution in [3.8, 4) is 5.75 Å². The molecule has 1 aromatic carbocycles. The van der Waals surface area contributed by atoms with E-state index in [1.54, 1.807) is 4.90 Å². The van der Waals surface area contributed by atoms with Gasteiger partial charge in [-0.15, -0.1) is 0 Å². The Kier molecular flexibility index (Phi) is 6.50. The molecule has 3 rings (SSSR count). The molecule has 2 saturated heterocycles. The Morgan fingerprint density at radius 3 is 2.27 bits per heavy atom. The lowest BCUT2D eigenvalue weighted by molar-refractivity contribution is -0.140. The number of aryl methyl sites for hydroxylation is 1. The highest BCUT2D eigenvalue weighted by molar-refractivity contribution is 5.79. The van der Waals surface area contributed by atoms with Crippen LogP contribution in [0.15, 0.2) is 24.3 Å². The van der Waals surface area contributed by atoms with Gasteiger partial charge in [0.1, 0.15) is 5.75 Å². The first kappa shape index (κ1) is 18.7. The van der Waals surface area contributed by atoms with E-state index >= 15 is 0 Å². The summed E-state index contributed by atoms with van der Waals surface area (Å²) in [5, 5.41) is 0. The van der Waals surface area contributed by atoms with Crippen LogP contribution in [0, 0.1) is 6.92 Å². The maximum Gasteiger partial charge on any atom is 0.260 e. The lowest BCUT2D eigenvalue weighted by Gasteiger charge is -2.35. The third kappa shape index (κ3) is 5.21. The Bertz CT molecular complexity index is 620. The van der Waals surface area contributed by atoms with Crippen molar-refractivity contribution in [3.05, 3.63) is 29.8 Å². The minimum atomic E-state index is -0.0179. The summed E-state index contributed by atoms with van der Waals surface area (Å²) in [5.41, 5.74) is 1.11. The zero-order valence-electron chi connectivity index (χ0n) is 15.7. The standard InChI is InChI=1S/C20H29N3O3/c1-17-5-4-6-18(15-17)26-16-20(25)23-13-11-22(12-14-23)19(24)7-10-21-8-2-3-9-21/h4-6,15H,2-3,7-14,16H2,1H3. The fourth-order valence-electron chi connectivity index (χ4n) is 3.56. The molecule has 0 saturated carbocycles. The maximum absolute atomic E-state index is 12.3. The van der Waals surface area contributed by atoms with Crippen LogP contribution in [0.25, 0.3) is 0 Å². The van der Waals surface area contributed by atoms with E-state index in [9.17, 15) is 9.59 Å². The van der Waals surface area contributed by atoms with Crippen LogP contribution in [0.5, 0.6) is 5.75 Å². The van der Waals surface area contributed by atoms with Gasteiger partial charge in [0.2, 0.25) is 5.91 Å². The fraction of sp³-hybridized carbons (Fsp3) is 0.600. The van der Waals surface area contributed by atoms with Gasteiger partial charge >= 0.3 is 0 Å². The number of carbonyl (C=O) groups is 2. The molecule has 2 fully saturated rings. The Morgan fingerprint density at radius 2 is 1.62 bits per heavy atom. The Balaban J connectivity index is 1.37. The molecule has 6 nitrogen and oxygen atoms in total. The third-order valence-electron chi connectivity index (χ3n) is 5.18. The minimum Gasteiger partial charge on any atom is -0.484 e. The predicted molar refractivity (Wildman–Crippen MR) is 100 cm³/mol. The largest absolute Gasteiger partial charge is 0.484 e. The number of piperazine rings is 1. The van der Waals surface area contributed by atoms with Crippen molar-refractivity contribution >= 4 is 11.8 Å². The van der Waals surface area contributed by atoms with Gasteiger partial charge in [0.25, 0.3) is 5.91 Å². The summed E-state index contributed by atoms with van der Waals surface area (Å²) >= 11 is 0. The van der Waals surface area contributed by atoms with Gasteiger partial charge in [-0.3, -0.25) is 9.59 Å². The molecule has 0 bridgehead atoms. The number of hydrogen-bond acceptors (Lipinski definition) is 4. The van der Waals surface area contributed by atoms with Gasteiger partial charge < -0.3 is 19.4 Å². The molecule has 6 heteroatoms. The van der Waals surface area contributed by atoms with Crippen molar-refractivity contribution in [1.29, 1.82) is 0 Å². The lowest BCUT2D eigenvalue weighted by Crippen LogP contribution is -2.52. The van der Waals surface area contributed by atoms with E-state index in [1.807, 2.05) is 36.1 Å².